The van der Waals surface area contributed by atoms with Crippen molar-refractivity contribution in [2.45, 2.75) is 25.8 Å². The molecule has 1 aromatic carbocycles. The molecule has 0 atom stereocenters. The quantitative estimate of drug-likeness (QED) is 0.852. The summed E-state index contributed by atoms with van der Waals surface area (Å²) in [4.78, 5) is 11.7. The lowest BCUT2D eigenvalue weighted by atomic mass is 10.1. The minimum absolute atomic E-state index is 0.0440. The number of hydrogen-bond donors (Lipinski definition) is 2. The minimum atomic E-state index is 0.0440. The average molecular weight is 248 g/mol. The molecule has 0 aromatic heterocycles. The van der Waals surface area contributed by atoms with Gasteiger partial charge in [0.05, 0.1) is 6.54 Å². The van der Waals surface area contributed by atoms with E-state index in [1.807, 2.05) is 31.2 Å². The Bertz CT molecular complexity index is 383. The van der Waals surface area contributed by atoms with Gasteiger partial charge in [0.1, 0.15) is 0 Å². The van der Waals surface area contributed by atoms with Crippen molar-refractivity contribution in [1.29, 1.82) is 0 Å². The van der Waals surface area contributed by atoms with Gasteiger partial charge in [0.2, 0.25) is 5.91 Å². The van der Waals surface area contributed by atoms with Gasteiger partial charge in [-0.2, -0.15) is 0 Å². The molecular formula is C14H20N2O2. The fraction of sp³-hybridized carbons (Fsp3) is 0.500. The normalized spacial score (nSPS) is 16.3. The van der Waals surface area contributed by atoms with Crippen molar-refractivity contribution in [3.8, 4) is 0 Å². The minimum Gasteiger partial charge on any atom is -0.381 e. The van der Waals surface area contributed by atoms with Crippen molar-refractivity contribution >= 4 is 11.6 Å². The third kappa shape index (κ3) is 4.04. The van der Waals surface area contributed by atoms with Gasteiger partial charge < -0.3 is 15.4 Å². The monoisotopic (exact) mass is 248 g/mol. The summed E-state index contributed by atoms with van der Waals surface area (Å²) in [7, 11) is 0. The Kier molecular flexibility index (Phi) is 4.59. The molecule has 1 saturated heterocycles. The maximum absolute atomic E-state index is 11.7. The van der Waals surface area contributed by atoms with Crippen molar-refractivity contribution in [3.63, 3.8) is 0 Å². The number of hydrogen-bond acceptors (Lipinski definition) is 3. The molecule has 4 nitrogen and oxygen atoms in total. The molecule has 1 heterocycles. The van der Waals surface area contributed by atoms with Crippen LogP contribution in [0.25, 0.3) is 0 Å². The van der Waals surface area contributed by atoms with Gasteiger partial charge >= 0.3 is 0 Å². The number of carbonyl (C=O) groups is 1. The van der Waals surface area contributed by atoms with Gasteiger partial charge in [0, 0.05) is 24.9 Å². The van der Waals surface area contributed by atoms with Gasteiger partial charge in [-0.15, -0.1) is 0 Å². The molecule has 2 rings (SSSR count). The lowest BCUT2D eigenvalue weighted by molar-refractivity contribution is -0.120. The fourth-order valence-corrected chi connectivity index (χ4v) is 1.97. The molecule has 1 aromatic rings. The van der Waals surface area contributed by atoms with Crippen LogP contribution in [0.15, 0.2) is 24.3 Å². The molecule has 0 saturated carbocycles. The molecule has 98 valence electrons. The summed E-state index contributed by atoms with van der Waals surface area (Å²) in [6.45, 7) is 3.86. The lowest BCUT2D eigenvalue weighted by Gasteiger charge is -2.23. The first-order valence-electron chi connectivity index (χ1n) is 6.42. The molecule has 1 fully saturated rings. The fourth-order valence-electron chi connectivity index (χ4n) is 1.97. The van der Waals surface area contributed by atoms with Crippen LogP contribution in [0.5, 0.6) is 0 Å². The van der Waals surface area contributed by atoms with Gasteiger partial charge in [-0.3, -0.25) is 4.79 Å². The Balaban J connectivity index is 1.72. The van der Waals surface area contributed by atoms with E-state index in [2.05, 4.69) is 10.6 Å². The summed E-state index contributed by atoms with van der Waals surface area (Å²) >= 11 is 0. The maximum atomic E-state index is 11.7. The highest BCUT2D eigenvalue weighted by molar-refractivity contribution is 5.80. The van der Waals surface area contributed by atoms with E-state index in [4.69, 9.17) is 4.74 Å². The van der Waals surface area contributed by atoms with E-state index in [0.717, 1.165) is 31.7 Å². The molecule has 18 heavy (non-hydrogen) atoms. The maximum Gasteiger partial charge on any atom is 0.239 e. The van der Waals surface area contributed by atoms with Crippen molar-refractivity contribution < 1.29 is 9.53 Å². The average Bonchev–Trinajstić information content (AvgIpc) is 2.39. The summed E-state index contributed by atoms with van der Waals surface area (Å²) in [6.07, 6.45) is 1.83. The van der Waals surface area contributed by atoms with Crippen LogP contribution < -0.4 is 10.6 Å². The Labute approximate surface area is 108 Å². The highest BCUT2D eigenvalue weighted by Gasteiger charge is 2.15. The summed E-state index contributed by atoms with van der Waals surface area (Å²) in [5.74, 6) is 0.0440. The lowest BCUT2D eigenvalue weighted by Crippen LogP contribution is -2.41. The third-order valence-electron chi connectivity index (χ3n) is 3.09. The number of rotatable bonds is 4. The van der Waals surface area contributed by atoms with Gasteiger partial charge in [-0.05, 0) is 31.9 Å². The van der Waals surface area contributed by atoms with E-state index < -0.39 is 0 Å². The zero-order valence-electron chi connectivity index (χ0n) is 10.7. The van der Waals surface area contributed by atoms with Crippen LogP contribution >= 0.6 is 0 Å². The molecule has 0 aliphatic carbocycles. The topological polar surface area (TPSA) is 50.4 Å². The van der Waals surface area contributed by atoms with E-state index in [0.29, 0.717) is 6.54 Å². The zero-order valence-corrected chi connectivity index (χ0v) is 10.7. The number of ether oxygens (including phenoxy) is 1. The Hall–Kier alpha value is -1.55. The largest absolute Gasteiger partial charge is 0.381 e. The van der Waals surface area contributed by atoms with Crippen LogP contribution in [0, 0.1) is 6.92 Å². The summed E-state index contributed by atoms with van der Waals surface area (Å²) < 4.78 is 5.25. The molecule has 1 amide bonds. The number of amides is 1. The van der Waals surface area contributed by atoms with Gasteiger partial charge in [-0.1, -0.05) is 17.7 Å². The standard InChI is InChI=1S/C14H20N2O2/c1-11-2-4-12(5-3-11)15-10-14(17)16-13-6-8-18-9-7-13/h2-5,13,15H,6-10H2,1H3,(H,16,17). The first-order valence-corrected chi connectivity index (χ1v) is 6.42. The number of nitrogens with one attached hydrogen (secondary N) is 2. The van der Waals surface area contributed by atoms with E-state index >= 15 is 0 Å². The van der Waals surface area contributed by atoms with Crippen LogP contribution in [0.3, 0.4) is 0 Å². The Morgan fingerprint density at radius 1 is 1.28 bits per heavy atom. The second-order valence-corrected chi connectivity index (χ2v) is 4.67. The van der Waals surface area contributed by atoms with Crippen molar-refractivity contribution in [2.75, 3.05) is 25.1 Å². The van der Waals surface area contributed by atoms with E-state index in [1.54, 1.807) is 0 Å². The van der Waals surface area contributed by atoms with Crippen molar-refractivity contribution in [1.82, 2.24) is 5.32 Å². The predicted molar refractivity (Wildman–Crippen MR) is 71.7 cm³/mol. The molecule has 0 bridgehead atoms. The SMILES string of the molecule is Cc1ccc(NCC(=O)NC2CCOCC2)cc1. The first kappa shape index (κ1) is 12.9. The number of anilines is 1. The first-order chi connectivity index (χ1) is 8.74. The van der Waals surface area contributed by atoms with Crippen LogP contribution in [0.1, 0.15) is 18.4 Å². The summed E-state index contributed by atoms with van der Waals surface area (Å²) in [6, 6.07) is 8.29. The third-order valence-corrected chi connectivity index (χ3v) is 3.09. The second kappa shape index (κ2) is 6.40. The second-order valence-electron chi connectivity index (χ2n) is 4.67. The van der Waals surface area contributed by atoms with Crippen LogP contribution in [0.4, 0.5) is 5.69 Å². The van der Waals surface area contributed by atoms with E-state index in [9.17, 15) is 4.79 Å². The molecular weight excluding hydrogens is 228 g/mol. The molecule has 0 radical (unpaired) electrons. The van der Waals surface area contributed by atoms with Crippen molar-refractivity contribution in [3.05, 3.63) is 29.8 Å². The Morgan fingerprint density at radius 3 is 2.61 bits per heavy atom. The number of aryl methyl sites for hydroxylation is 1. The van der Waals surface area contributed by atoms with Gasteiger partial charge in [0.25, 0.3) is 0 Å². The highest BCUT2D eigenvalue weighted by atomic mass is 16.5. The highest BCUT2D eigenvalue weighted by Crippen LogP contribution is 2.08. The van der Waals surface area contributed by atoms with Gasteiger partial charge in [0.15, 0.2) is 0 Å². The van der Waals surface area contributed by atoms with E-state index in [-0.39, 0.29) is 11.9 Å². The van der Waals surface area contributed by atoms with Crippen LogP contribution in [0.2, 0.25) is 0 Å². The summed E-state index contributed by atoms with van der Waals surface area (Å²) in [5.41, 5.74) is 2.19. The van der Waals surface area contributed by atoms with Crippen LogP contribution in [-0.4, -0.2) is 31.7 Å². The molecule has 4 heteroatoms. The molecule has 1 aliphatic rings. The zero-order chi connectivity index (χ0) is 12.8. The molecule has 2 N–H and O–H groups in total. The van der Waals surface area contributed by atoms with E-state index in [1.165, 1.54) is 5.56 Å². The number of benzene rings is 1. The molecule has 0 unspecified atom stereocenters. The molecule has 1 aliphatic heterocycles. The number of carbonyl (C=O) groups excluding carboxylic acids is 1. The molecule has 0 spiro atoms. The van der Waals surface area contributed by atoms with Crippen LogP contribution in [-0.2, 0) is 9.53 Å². The smallest absolute Gasteiger partial charge is 0.239 e. The summed E-state index contributed by atoms with van der Waals surface area (Å²) in [5, 5.41) is 6.14. The predicted octanol–water partition coefficient (Wildman–Crippen LogP) is 1.70. The van der Waals surface area contributed by atoms with Crippen molar-refractivity contribution in [2.24, 2.45) is 0 Å². The Morgan fingerprint density at radius 2 is 1.94 bits per heavy atom. The van der Waals surface area contributed by atoms with Gasteiger partial charge in [-0.25, -0.2) is 0 Å².